The molecule has 4 nitrogen and oxygen atoms in total. The van der Waals surface area contributed by atoms with Gasteiger partial charge >= 0.3 is 0 Å². The maximum Gasteiger partial charge on any atom is 0.205 e. The predicted octanol–water partition coefficient (Wildman–Crippen LogP) is 4.08. The second-order valence-electron chi connectivity index (χ2n) is 4.10. The van der Waals surface area contributed by atoms with Crippen molar-refractivity contribution in [1.29, 1.82) is 0 Å². The second kappa shape index (κ2) is 4.93. The summed E-state index contributed by atoms with van der Waals surface area (Å²) in [5.41, 5.74) is 2.88. The highest BCUT2D eigenvalue weighted by Gasteiger charge is 2.03. The van der Waals surface area contributed by atoms with Crippen LogP contribution in [0.2, 0.25) is 0 Å². The summed E-state index contributed by atoms with van der Waals surface area (Å²) in [4.78, 5) is 7.70. The van der Waals surface area contributed by atoms with E-state index in [0.717, 1.165) is 32.9 Å². The zero-order chi connectivity index (χ0) is 13.2. The van der Waals surface area contributed by atoms with Gasteiger partial charge in [-0.25, -0.2) is 4.98 Å². The van der Waals surface area contributed by atoms with Crippen LogP contribution < -0.4 is 10.1 Å². The van der Waals surface area contributed by atoms with Crippen molar-refractivity contribution in [2.75, 3.05) is 12.4 Å². The summed E-state index contributed by atoms with van der Waals surface area (Å²) in [7, 11) is 1.65. The number of aromatic nitrogens is 2. The van der Waals surface area contributed by atoms with E-state index < -0.39 is 0 Å². The Labute approximate surface area is 118 Å². The van der Waals surface area contributed by atoms with Gasteiger partial charge in [0.25, 0.3) is 0 Å². The third-order valence-electron chi connectivity index (χ3n) is 2.80. The smallest absolute Gasteiger partial charge is 0.205 e. The molecule has 1 heterocycles. The van der Waals surface area contributed by atoms with Crippen molar-refractivity contribution in [1.82, 2.24) is 9.97 Å². The third kappa shape index (κ3) is 2.56. The summed E-state index contributed by atoms with van der Waals surface area (Å²) in [5.74, 6) is 1.55. The van der Waals surface area contributed by atoms with Crippen LogP contribution in [0.15, 0.2) is 46.9 Å². The fourth-order valence-electron chi connectivity index (χ4n) is 1.85. The molecular formula is C14H12BrN3O. The number of fused-ring (bicyclic) bond motifs is 1. The van der Waals surface area contributed by atoms with Gasteiger partial charge in [0.1, 0.15) is 5.75 Å². The number of methoxy groups -OCH3 is 1. The molecule has 96 valence electrons. The van der Waals surface area contributed by atoms with Gasteiger partial charge in [-0.2, -0.15) is 0 Å². The molecule has 1 aromatic heterocycles. The van der Waals surface area contributed by atoms with Crippen LogP contribution in [-0.4, -0.2) is 17.1 Å². The summed E-state index contributed by atoms with van der Waals surface area (Å²) in [5, 5.41) is 3.23. The van der Waals surface area contributed by atoms with Gasteiger partial charge in [0.15, 0.2) is 0 Å². The molecule has 0 aliphatic heterocycles. The van der Waals surface area contributed by atoms with Crippen LogP contribution in [0.3, 0.4) is 0 Å². The summed E-state index contributed by atoms with van der Waals surface area (Å²) in [6.07, 6.45) is 0. The molecule has 3 aromatic rings. The first kappa shape index (κ1) is 12.0. The number of benzene rings is 2. The topological polar surface area (TPSA) is 49.9 Å². The molecular weight excluding hydrogens is 306 g/mol. The predicted molar refractivity (Wildman–Crippen MR) is 80.1 cm³/mol. The van der Waals surface area contributed by atoms with Gasteiger partial charge in [-0.3, -0.25) is 0 Å². The molecule has 5 heteroatoms. The van der Waals surface area contributed by atoms with E-state index in [2.05, 4.69) is 31.2 Å². The van der Waals surface area contributed by atoms with E-state index in [4.69, 9.17) is 4.74 Å². The minimum atomic E-state index is 0.721. The van der Waals surface area contributed by atoms with Gasteiger partial charge in [0.2, 0.25) is 5.95 Å². The number of halogens is 1. The highest BCUT2D eigenvalue weighted by atomic mass is 79.9. The van der Waals surface area contributed by atoms with Crippen LogP contribution in [0.4, 0.5) is 11.6 Å². The molecule has 0 saturated heterocycles. The minimum absolute atomic E-state index is 0.721. The van der Waals surface area contributed by atoms with Gasteiger partial charge in [0.05, 0.1) is 18.1 Å². The zero-order valence-electron chi connectivity index (χ0n) is 10.3. The van der Waals surface area contributed by atoms with Gasteiger partial charge < -0.3 is 15.0 Å². The van der Waals surface area contributed by atoms with Gasteiger partial charge in [0, 0.05) is 10.2 Å². The molecule has 0 atom stereocenters. The Morgan fingerprint density at radius 2 is 1.95 bits per heavy atom. The van der Waals surface area contributed by atoms with Crippen molar-refractivity contribution in [3.8, 4) is 5.75 Å². The Bertz CT molecular complexity index is 706. The van der Waals surface area contributed by atoms with E-state index in [-0.39, 0.29) is 0 Å². The molecule has 0 amide bonds. The van der Waals surface area contributed by atoms with Crippen molar-refractivity contribution in [3.63, 3.8) is 0 Å². The van der Waals surface area contributed by atoms with Gasteiger partial charge in [-0.1, -0.05) is 15.9 Å². The Kier molecular flexibility index (Phi) is 3.13. The molecule has 0 aliphatic rings. The lowest BCUT2D eigenvalue weighted by atomic mass is 10.3. The number of anilines is 2. The largest absolute Gasteiger partial charge is 0.497 e. The first-order valence-corrected chi connectivity index (χ1v) is 6.60. The molecule has 2 N–H and O–H groups in total. The molecule has 3 rings (SSSR count). The number of hydrogen-bond acceptors (Lipinski definition) is 3. The van der Waals surface area contributed by atoms with Crippen LogP contribution in [0, 0.1) is 0 Å². The van der Waals surface area contributed by atoms with Crippen molar-refractivity contribution in [2.45, 2.75) is 0 Å². The maximum atomic E-state index is 5.12. The standard InChI is InChI=1S/C14H12BrN3O/c1-19-11-5-3-10(4-6-11)16-14-17-12-7-2-9(15)8-13(12)18-14/h2-8H,1H3,(H2,16,17,18). The molecule has 0 spiro atoms. The van der Waals surface area contributed by atoms with Crippen molar-refractivity contribution < 1.29 is 4.74 Å². The average molecular weight is 318 g/mol. The fourth-order valence-corrected chi connectivity index (χ4v) is 2.21. The SMILES string of the molecule is COc1ccc(Nc2nc3ccc(Br)cc3[nH]2)cc1. The molecule has 19 heavy (non-hydrogen) atoms. The molecule has 0 saturated carbocycles. The van der Waals surface area contributed by atoms with E-state index in [0.29, 0.717) is 0 Å². The minimum Gasteiger partial charge on any atom is -0.497 e. The molecule has 0 bridgehead atoms. The highest BCUT2D eigenvalue weighted by molar-refractivity contribution is 9.10. The molecule has 0 radical (unpaired) electrons. The van der Waals surface area contributed by atoms with E-state index in [1.54, 1.807) is 7.11 Å². The van der Waals surface area contributed by atoms with E-state index in [1.165, 1.54) is 0 Å². The lowest BCUT2D eigenvalue weighted by molar-refractivity contribution is 0.415. The Balaban J connectivity index is 1.87. The van der Waals surface area contributed by atoms with Crippen LogP contribution in [0.1, 0.15) is 0 Å². The Morgan fingerprint density at radius 1 is 1.16 bits per heavy atom. The number of H-pyrrole nitrogens is 1. The summed E-state index contributed by atoms with van der Waals surface area (Å²) in [6, 6.07) is 13.6. The van der Waals surface area contributed by atoms with Gasteiger partial charge in [-0.15, -0.1) is 0 Å². The van der Waals surface area contributed by atoms with E-state index in [9.17, 15) is 0 Å². The molecule has 0 aliphatic carbocycles. The number of hydrogen-bond donors (Lipinski definition) is 2. The van der Waals surface area contributed by atoms with Crippen LogP contribution >= 0.6 is 15.9 Å². The number of nitrogens with zero attached hydrogens (tertiary/aromatic N) is 1. The maximum absolute atomic E-state index is 5.12. The lowest BCUT2D eigenvalue weighted by Gasteiger charge is -2.03. The Morgan fingerprint density at radius 3 is 2.68 bits per heavy atom. The second-order valence-corrected chi connectivity index (χ2v) is 5.02. The summed E-state index contributed by atoms with van der Waals surface area (Å²) < 4.78 is 6.15. The molecule has 0 unspecified atom stereocenters. The summed E-state index contributed by atoms with van der Waals surface area (Å²) in [6.45, 7) is 0. The third-order valence-corrected chi connectivity index (χ3v) is 3.29. The van der Waals surface area contributed by atoms with Crippen LogP contribution in [-0.2, 0) is 0 Å². The molecule has 2 aromatic carbocycles. The van der Waals surface area contributed by atoms with Crippen molar-refractivity contribution >= 4 is 38.6 Å². The first-order valence-electron chi connectivity index (χ1n) is 5.81. The summed E-state index contributed by atoms with van der Waals surface area (Å²) >= 11 is 3.44. The molecule has 0 fully saturated rings. The Hall–Kier alpha value is -2.01. The van der Waals surface area contributed by atoms with Crippen molar-refractivity contribution in [2.24, 2.45) is 0 Å². The normalized spacial score (nSPS) is 10.6. The number of aromatic amines is 1. The number of nitrogens with one attached hydrogen (secondary N) is 2. The number of imidazole rings is 1. The zero-order valence-corrected chi connectivity index (χ0v) is 11.9. The van der Waals surface area contributed by atoms with Crippen molar-refractivity contribution in [3.05, 3.63) is 46.9 Å². The van der Waals surface area contributed by atoms with Crippen LogP contribution in [0.5, 0.6) is 5.75 Å². The monoisotopic (exact) mass is 317 g/mol. The lowest BCUT2D eigenvalue weighted by Crippen LogP contribution is -1.92. The fraction of sp³-hybridized carbons (Fsp3) is 0.0714. The highest BCUT2D eigenvalue weighted by Crippen LogP contribution is 2.22. The van der Waals surface area contributed by atoms with E-state index >= 15 is 0 Å². The van der Waals surface area contributed by atoms with E-state index in [1.807, 2.05) is 42.5 Å². The first-order chi connectivity index (χ1) is 9.24. The van der Waals surface area contributed by atoms with Gasteiger partial charge in [-0.05, 0) is 42.5 Å². The number of ether oxygens (including phenoxy) is 1. The quantitative estimate of drug-likeness (QED) is 0.765. The van der Waals surface area contributed by atoms with Crippen LogP contribution in [0.25, 0.3) is 11.0 Å². The number of rotatable bonds is 3. The average Bonchev–Trinajstić information content (AvgIpc) is 2.81.